The van der Waals surface area contributed by atoms with Gasteiger partial charge in [0, 0.05) is 27.4 Å². The van der Waals surface area contributed by atoms with Gasteiger partial charge in [-0.3, -0.25) is 14.3 Å². The van der Waals surface area contributed by atoms with Crippen molar-refractivity contribution in [2.24, 2.45) is 0 Å². The largest absolute Gasteiger partial charge is 0.274 e. The molecule has 0 radical (unpaired) electrons. The number of benzene rings is 3. The summed E-state index contributed by atoms with van der Waals surface area (Å²) in [6.45, 7) is 1.99. The second kappa shape index (κ2) is 5.93. The van der Waals surface area contributed by atoms with Crippen LogP contribution < -0.4 is 5.56 Å². The molecule has 0 saturated carbocycles. The highest BCUT2D eigenvalue weighted by Gasteiger charge is 2.15. The van der Waals surface area contributed by atoms with E-state index in [2.05, 4.69) is 4.98 Å². The summed E-state index contributed by atoms with van der Waals surface area (Å²) in [5.41, 5.74) is 3.38. The second-order valence-corrected chi connectivity index (χ2v) is 7.14. The average molecular weight is 371 g/mol. The van der Waals surface area contributed by atoms with Crippen molar-refractivity contribution in [2.45, 2.75) is 6.92 Å². The molecule has 27 heavy (non-hydrogen) atoms. The van der Waals surface area contributed by atoms with Gasteiger partial charge in [0.1, 0.15) is 0 Å². The van der Waals surface area contributed by atoms with Gasteiger partial charge < -0.3 is 0 Å². The minimum absolute atomic E-state index is 0.0540. The highest BCUT2D eigenvalue weighted by atomic mass is 35.5. The Labute approximate surface area is 160 Å². The number of rotatable bonds is 1. The van der Waals surface area contributed by atoms with Crippen LogP contribution in [0.2, 0.25) is 5.02 Å². The van der Waals surface area contributed by atoms with E-state index < -0.39 is 0 Å². The molecule has 2 aromatic heterocycles. The molecule has 0 aliphatic rings. The molecule has 0 atom stereocenters. The van der Waals surface area contributed by atoms with E-state index in [-0.39, 0.29) is 5.56 Å². The van der Waals surface area contributed by atoms with Gasteiger partial charge in [-0.1, -0.05) is 47.5 Å². The number of hydrogen-bond acceptors (Lipinski definition) is 2. The normalized spacial score (nSPS) is 11.5. The van der Waals surface area contributed by atoms with E-state index in [4.69, 9.17) is 11.6 Å². The molecule has 130 valence electrons. The van der Waals surface area contributed by atoms with Crippen LogP contribution in [-0.4, -0.2) is 9.55 Å². The Kier molecular flexibility index (Phi) is 3.52. The van der Waals surface area contributed by atoms with Gasteiger partial charge in [-0.05, 0) is 48.7 Å². The molecular formula is C23H15ClN2O. The third-order valence-corrected chi connectivity index (χ3v) is 5.19. The molecular weight excluding hydrogens is 356 g/mol. The minimum atomic E-state index is -0.0540. The molecule has 0 spiro atoms. The lowest BCUT2D eigenvalue weighted by Gasteiger charge is -2.15. The van der Waals surface area contributed by atoms with E-state index in [0.717, 1.165) is 38.4 Å². The number of nitrogens with zero attached hydrogens (tertiary/aromatic N) is 2. The van der Waals surface area contributed by atoms with E-state index in [1.165, 1.54) is 0 Å². The number of para-hydroxylation sites is 1. The Morgan fingerprint density at radius 1 is 0.889 bits per heavy atom. The molecule has 3 nitrogen and oxygen atoms in total. The van der Waals surface area contributed by atoms with Gasteiger partial charge in [0.05, 0.1) is 16.7 Å². The first kappa shape index (κ1) is 16.0. The van der Waals surface area contributed by atoms with E-state index in [1.54, 1.807) is 10.8 Å². The smallest absolute Gasteiger partial charge is 0.263 e. The summed E-state index contributed by atoms with van der Waals surface area (Å²) >= 11 is 6.28. The third kappa shape index (κ3) is 2.43. The minimum Gasteiger partial charge on any atom is -0.274 e. The summed E-state index contributed by atoms with van der Waals surface area (Å²) in [5.74, 6) is 0. The molecule has 0 aliphatic carbocycles. The van der Waals surface area contributed by atoms with Crippen molar-refractivity contribution in [1.82, 2.24) is 9.55 Å². The van der Waals surface area contributed by atoms with Crippen LogP contribution in [-0.2, 0) is 0 Å². The molecule has 0 N–H and O–H groups in total. The SMILES string of the molecule is Cc1ccc2c(c1)c(=O)n(-c1cccc3cccnc13)c1ccc(Cl)cc21. The highest BCUT2D eigenvalue weighted by Crippen LogP contribution is 2.29. The lowest BCUT2D eigenvalue weighted by molar-refractivity contribution is 1.06. The maximum atomic E-state index is 13.5. The van der Waals surface area contributed by atoms with Crippen molar-refractivity contribution in [1.29, 1.82) is 0 Å². The van der Waals surface area contributed by atoms with Gasteiger partial charge in [-0.25, -0.2) is 0 Å². The topological polar surface area (TPSA) is 34.9 Å². The molecule has 3 aromatic carbocycles. The fraction of sp³-hybridized carbons (Fsp3) is 0.0435. The summed E-state index contributed by atoms with van der Waals surface area (Å²) in [5, 5.41) is 4.18. The molecule has 5 rings (SSSR count). The summed E-state index contributed by atoms with van der Waals surface area (Å²) in [6.07, 6.45) is 1.75. The van der Waals surface area contributed by atoms with Gasteiger partial charge in [0.15, 0.2) is 0 Å². The van der Waals surface area contributed by atoms with Crippen LogP contribution in [0, 0.1) is 6.92 Å². The molecule has 2 heterocycles. The van der Waals surface area contributed by atoms with Gasteiger partial charge in [-0.2, -0.15) is 0 Å². The van der Waals surface area contributed by atoms with Crippen molar-refractivity contribution >= 4 is 44.2 Å². The Morgan fingerprint density at radius 2 is 1.74 bits per heavy atom. The number of aromatic nitrogens is 2. The molecule has 0 saturated heterocycles. The zero-order chi connectivity index (χ0) is 18.5. The van der Waals surface area contributed by atoms with Crippen molar-refractivity contribution in [3.63, 3.8) is 0 Å². The Bertz CT molecular complexity index is 1410. The van der Waals surface area contributed by atoms with Crippen LogP contribution in [0.25, 0.3) is 38.3 Å². The molecule has 0 amide bonds. The molecule has 5 aromatic rings. The first-order chi connectivity index (χ1) is 13.1. The fourth-order valence-corrected chi connectivity index (χ4v) is 3.90. The second-order valence-electron chi connectivity index (χ2n) is 6.70. The first-order valence-corrected chi connectivity index (χ1v) is 9.10. The third-order valence-electron chi connectivity index (χ3n) is 4.95. The number of hydrogen-bond donors (Lipinski definition) is 0. The van der Waals surface area contributed by atoms with Crippen LogP contribution in [0.3, 0.4) is 0 Å². The summed E-state index contributed by atoms with van der Waals surface area (Å²) in [7, 11) is 0. The zero-order valence-corrected chi connectivity index (χ0v) is 15.4. The standard InChI is InChI=1S/C23H15ClN2O/c1-14-7-9-17-18-13-16(24)8-10-20(18)26(23(27)19(17)12-14)21-6-2-4-15-5-3-11-25-22(15)21/h2-13H,1H3. The maximum absolute atomic E-state index is 13.5. The van der Waals surface area contributed by atoms with Crippen LogP contribution in [0.1, 0.15) is 5.56 Å². The zero-order valence-electron chi connectivity index (χ0n) is 14.6. The van der Waals surface area contributed by atoms with Crippen LogP contribution in [0.4, 0.5) is 0 Å². The highest BCUT2D eigenvalue weighted by molar-refractivity contribution is 6.31. The van der Waals surface area contributed by atoms with Gasteiger partial charge in [0.2, 0.25) is 0 Å². The van der Waals surface area contributed by atoms with Crippen molar-refractivity contribution in [3.8, 4) is 5.69 Å². The Morgan fingerprint density at radius 3 is 2.63 bits per heavy atom. The van der Waals surface area contributed by atoms with E-state index in [0.29, 0.717) is 10.4 Å². The Balaban J connectivity index is 2.05. The first-order valence-electron chi connectivity index (χ1n) is 8.72. The lowest BCUT2D eigenvalue weighted by atomic mass is 10.0. The molecule has 0 aliphatic heterocycles. The molecule has 0 unspecified atom stereocenters. The fourth-order valence-electron chi connectivity index (χ4n) is 3.73. The Hall–Kier alpha value is -3.17. The van der Waals surface area contributed by atoms with Crippen LogP contribution in [0.15, 0.2) is 77.7 Å². The maximum Gasteiger partial charge on any atom is 0.263 e. The predicted molar refractivity (Wildman–Crippen MR) is 112 cm³/mol. The van der Waals surface area contributed by atoms with Gasteiger partial charge in [-0.15, -0.1) is 0 Å². The van der Waals surface area contributed by atoms with Crippen molar-refractivity contribution < 1.29 is 0 Å². The monoisotopic (exact) mass is 370 g/mol. The summed E-state index contributed by atoms with van der Waals surface area (Å²) in [4.78, 5) is 18.1. The van der Waals surface area contributed by atoms with Gasteiger partial charge in [0.25, 0.3) is 5.56 Å². The van der Waals surface area contributed by atoms with Crippen molar-refractivity contribution in [2.75, 3.05) is 0 Å². The number of aryl methyl sites for hydroxylation is 1. The quantitative estimate of drug-likeness (QED) is 0.357. The average Bonchev–Trinajstić information content (AvgIpc) is 2.69. The number of pyridine rings is 2. The molecule has 0 fully saturated rings. The van der Waals surface area contributed by atoms with Crippen LogP contribution in [0.5, 0.6) is 0 Å². The number of halogens is 1. The summed E-state index contributed by atoms with van der Waals surface area (Å²) < 4.78 is 1.75. The van der Waals surface area contributed by atoms with Crippen LogP contribution >= 0.6 is 11.6 Å². The van der Waals surface area contributed by atoms with E-state index in [1.807, 2.05) is 73.7 Å². The lowest BCUT2D eigenvalue weighted by Crippen LogP contribution is -2.19. The number of fused-ring (bicyclic) bond motifs is 4. The van der Waals surface area contributed by atoms with E-state index >= 15 is 0 Å². The van der Waals surface area contributed by atoms with Gasteiger partial charge >= 0.3 is 0 Å². The molecule has 4 heteroatoms. The molecule has 0 bridgehead atoms. The van der Waals surface area contributed by atoms with Crippen molar-refractivity contribution in [3.05, 3.63) is 93.9 Å². The van der Waals surface area contributed by atoms with E-state index in [9.17, 15) is 4.79 Å². The predicted octanol–water partition coefficient (Wildman–Crippen LogP) is 5.65. The summed E-state index contributed by atoms with van der Waals surface area (Å²) in [6, 6.07) is 21.4.